The minimum absolute atomic E-state index is 0.0524. The smallest absolute Gasteiger partial charge is 0.439 e. The van der Waals surface area contributed by atoms with E-state index in [9.17, 15) is 48.3 Å². The van der Waals surface area contributed by atoms with Gasteiger partial charge in [0.1, 0.15) is 18.7 Å². The summed E-state index contributed by atoms with van der Waals surface area (Å²) >= 11 is 1.85. The van der Waals surface area contributed by atoms with Gasteiger partial charge in [-0.25, -0.2) is 14.4 Å². The fourth-order valence-electron chi connectivity index (χ4n) is 8.89. The number of carbonyl (C=O) groups is 8. The Morgan fingerprint density at radius 2 is 1.39 bits per heavy atom. The fourth-order valence-corrected chi connectivity index (χ4v) is 10.4. The molecule has 6 atom stereocenters. The van der Waals surface area contributed by atoms with Crippen molar-refractivity contribution in [3.63, 3.8) is 0 Å². The van der Waals surface area contributed by atoms with Gasteiger partial charge in [-0.15, -0.1) is 0 Å². The Morgan fingerprint density at radius 1 is 0.740 bits per heavy atom. The average Bonchev–Trinajstić information content (AvgIpc) is 4.13. The Kier molecular flexibility index (Phi) is 27.8. The van der Waals surface area contributed by atoms with E-state index in [-0.39, 0.29) is 113 Å². The van der Waals surface area contributed by atoms with Crippen molar-refractivity contribution in [1.82, 2.24) is 52.3 Å². The van der Waals surface area contributed by atoms with Crippen LogP contribution in [0.3, 0.4) is 0 Å². The van der Waals surface area contributed by atoms with Crippen molar-refractivity contribution in [2.45, 2.75) is 126 Å². The van der Waals surface area contributed by atoms with Crippen LogP contribution in [0, 0.1) is 5.92 Å². The SMILES string of the molecule is C[C@@H](CC(=O)NCCCC(=O)NCCOCCOCCOCCOCC(=O)N[C@@H](CCCCNC(=O)CCCC[C@@H]1SC[C@@H]2NC(=O)N[C@@H]21)C(=O)O)C(=O)N[C@H](Cc1ccc(-c2noc(=O)[nH]2)cc1)C(=O)N1CCCCC1. The number of aliphatic carboxylic acids is 1. The predicted molar refractivity (Wildman–Crippen MR) is 281 cm³/mol. The lowest BCUT2D eigenvalue weighted by molar-refractivity contribution is -0.143. The number of amides is 8. The second-order valence-electron chi connectivity index (χ2n) is 19.3. The molecule has 2 aromatic rings. The van der Waals surface area contributed by atoms with Crippen LogP contribution in [0.25, 0.3) is 11.4 Å². The van der Waals surface area contributed by atoms with Crippen LogP contribution in [0.4, 0.5) is 4.79 Å². The molecule has 77 heavy (non-hydrogen) atoms. The predicted octanol–water partition coefficient (Wildman–Crippen LogP) is 0.757. The van der Waals surface area contributed by atoms with E-state index >= 15 is 0 Å². The first-order chi connectivity index (χ1) is 37.2. The number of thioether (sulfide) groups is 1. The van der Waals surface area contributed by atoms with E-state index in [1.807, 2.05) is 11.8 Å². The number of piperidine rings is 1. The fraction of sp³-hybridized carbons (Fsp3) is 0.686. The van der Waals surface area contributed by atoms with Gasteiger partial charge in [-0.2, -0.15) is 11.8 Å². The van der Waals surface area contributed by atoms with Gasteiger partial charge < -0.3 is 66.2 Å². The first-order valence-electron chi connectivity index (χ1n) is 26.8. The normalized spacial score (nSPS) is 18.0. The molecule has 9 N–H and O–H groups in total. The van der Waals surface area contributed by atoms with Gasteiger partial charge in [-0.1, -0.05) is 42.8 Å². The zero-order chi connectivity index (χ0) is 55.2. The van der Waals surface area contributed by atoms with Gasteiger partial charge in [-0.3, -0.25) is 38.3 Å². The molecule has 3 saturated heterocycles. The molecule has 26 heteroatoms. The van der Waals surface area contributed by atoms with Crippen LogP contribution >= 0.6 is 11.8 Å². The van der Waals surface area contributed by atoms with Crippen LogP contribution in [0.5, 0.6) is 0 Å². The Bertz CT molecular complexity index is 2240. The average molecular weight is 1100 g/mol. The quantitative estimate of drug-likeness (QED) is 0.0331. The Hall–Kier alpha value is -6.09. The van der Waals surface area contributed by atoms with Gasteiger partial charge in [0.05, 0.1) is 58.3 Å². The summed E-state index contributed by atoms with van der Waals surface area (Å²) < 4.78 is 26.3. The minimum Gasteiger partial charge on any atom is -0.480 e. The maximum absolute atomic E-state index is 13.6. The third-order valence-corrected chi connectivity index (χ3v) is 14.6. The van der Waals surface area contributed by atoms with Crippen molar-refractivity contribution in [3.05, 3.63) is 40.4 Å². The van der Waals surface area contributed by atoms with Crippen LogP contribution in [0.1, 0.15) is 96.0 Å². The Labute approximate surface area is 452 Å². The number of benzene rings is 1. The number of nitrogens with one attached hydrogen (secondary N) is 8. The molecule has 3 aliphatic heterocycles. The number of ether oxygens (including phenoxy) is 4. The highest BCUT2D eigenvalue weighted by molar-refractivity contribution is 8.00. The number of fused-ring (bicyclic) bond motifs is 1. The summed E-state index contributed by atoms with van der Waals surface area (Å²) in [5.41, 5.74) is 1.40. The number of carboxylic acids is 1. The molecule has 428 valence electrons. The van der Waals surface area contributed by atoms with Gasteiger partial charge in [0.25, 0.3) is 0 Å². The lowest BCUT2D eigenvalue weighted by atomic mass is 10.00. The monoisotopic (exact) mass is 1100 g/mol. The van der Waals surface area contributed by atoms with Gasteiger partial charge in [0.15, 0.2) is 5.82 Å². The van der Waals surface area contributed by atoms with Gasteiger partial charge in [0.2, 0.25) is 35.4 Å². The summed E-state index contributed by atoms with van der Waals surface area (Å²) in [6.45, 7) is 5.24. The molecule has 1 aromatic heterocycles. The number of urea groups is 1. The van der Waals surface area contributed by atoms with Gasteiger partial charge >= 0.3 is 17.8 Å². The number of hydrogen-bond donors (Lipinski definition) is 9. The van der Waals surface area contributed by atoms with E-state index in [2.05, 4.69) is 51.9 Å². The summed E-state index contributed by atoms with van der Waals surface area (Å²) in [5.74, 6) is -3.13. The molecule has 0 saturated carbocycles. The Morgan fingerprint density at radius 3 is 2.08 bits per heavy atom. The van der Waals surface area contributed by atoms with Crippen LogP contribution in [0.2, 0.25) is 0 Å². The molecule has 4 heterocycles. The minimum atomic E-state index is -1.15. The largest absolute Gasteiger partial charge is 0.480 e. The number of carboxylic acid groups (broad SMARTS) is 1. The molecule has 0 spiro atoms. The highest BCUT2D eigenvalue weighted by Crippen LogP contribution is 2.33. The number of rotatable bonds is 38. The van der Waals surface area contributed by atoms with Crippen LogP contribution in [-0.4, -0.2) is 188 Å². The number of aromatic nitrogens is 2. The van der Waals surface area contributed by atoms with Crippen molar-refractivity contribution >= 4 is 59.2 Å². The van der Waals surface area contributed by atoms with E-state index in [1.165, 1.54) is 0 Å². The summed E-state index contributed by atoms with van der Waals surface area (Å²) in [5, 5.41) is 33.3. The van der Waals surface area contributed by atoms with E-state index in [0.29, 0.717) is 82.5 Å². The number of aromatic amines is 1. The first-order valence-corrected chi connectivity index (χ1v) is 27.9. The van der Waals surface area contributed by atoms with Gasteiger partial charge in [-0.05, 0) is 63.4 Å². The zero-order valence-electron chi connectivity index (χ0n) is 44.0. The standard InChI is InChI=1S/C51H78N10O15S/c1-34(47(66)56-38(48(67)61-21-7-2-8-22-61)31-35-14-16-36(17-15-35)46-59-51(71)76-60-46)30-43(64)53-19-9-13-42(63)54-20-23-72-24-25-73-26-27-74-28-29-75-32-44(65)55-37(49(68)69)10-5-6-18-52-41(62)12-4-3-11-40-45-39(33-77-40)57-50(70)58-45/h14-17,34,37-40,45H,2-13,18-33H2,1H3,(H,52,62)(H,53,64)(H,54,63)(H,55,65)(H,56,66)(H,68,69)(H2,57,58,70)(H,59,60,71)/t34-,37-,38+,39-,40-,45-/m0/s1. The maximum Gasteiger partial charge on any atom is 0.439 e. The lowest BCUT2D eigenvalue weighted by Crippen LogP contribution is -2.52. The van der Waals surface area contributed by atoms with Crippen molar-refractivity contribution in [2.24, 2.45) is 5.92 Å². The molecule has 3 aliphatic rings. The summed E-state index contributed by atoms with van der Waals surface area (Å²) in [6, 6.07) is 5.37. The number of hydrogen-bond acceptors (Lipinski definition) is 16. The third kappa shape index (κ3) is 23.6. The molecule has 8 amide bonds. The second kappa shape index (κ2) is 34.6. The van der Waals surface area contributed by atoms with Crippen LogP contribution in [0.15, 0.2) is 33.6 Å². The maximum atomic E-state index is 13.6. The first kappa shape index (κ1) is 61.8. The molecule has 5 rings (SSSR count). The molecular formula is C51H78N10O15S. The van der Waals surface area contributed by atoms with Crippen molar-refractivity contribution in [2.75, 3.05) is 91.3 Å². The number of nitrogens with zero attached hydrogens (tertiary/aromatic N) is 2. The van der Waals surface area contributed by atoms with Crippen molar-refractivity contribution < 1.29 is 66.9 Å². The summed E-state index contributed by atoms with van der Waals surface area (Å²) in [7, 11) is 0. The number of H-pyrrole nitrogens is 1. The number of carbonyl (C=O) groups excluding carboxylic acids is 7. The highest BCUT2D eigenvalue weighted by Gasteiger charge is 2.42. The van der Waals surface area contributed by atoms with Crippen molar-refractivity contribution in [1.29, 1.82) is 0 Å². The van der Waals surface area contributed by atoms with E-state index in [0.717, 1.165) is 49.8 Å². The van der Waals surface area contributed by atoms with Crippen molar-refractivity contribution in [3.8, 4) is 11.4 Å². The zero-order valence-corrected chi connectivity index (χ0v) is 44.9. The lowest BCUT2D eigenvalue weighted by Gasteiger charge is -2.31. The second-order valence-corrected chi connectivity index (χ2v) is 20.5. The molecule has 0 radical (unpaired) electrons. The molecule has 3 fully saturated rings. The topological polar surface area (TPSA) is 340 Å². The molecule has 0 aliphatic carbocycles. The summed E-state index contributed by atoms with van der Waals surface area (Å²) in [4.78, 5) is 115. The number of unbranched alkanes of at least 4 members (excludes halogenated alkanes) is 2. The van der Waals surface area contributed by atoms with Gasteiger partial charge in [0, 0.05) is 80.9 Å². The van der Waals surface area contributed by atoms with E-state index in [4.69, 9.17) is 18.9 Å². The molecule has 1 aromatic carbocycles. The van der Waals surface area contributed by atoms with E-state index in [1.54, 1.807) is 36.1 Å². The third-order valence-electron chi connectivity index (χ3n) is 13.1. The highest BCUT2D eigenvalue weighted by atomic mass is 32.2. The molecule has 0 bridgehead atoms. The van der Waals surface area contributed by atoms with Crippen LogP contribution < -0.4 is 43.0 Å². The van der Waals surface area contributed by atoms with E-state index < -0.39 is 41.5 Å². The molecule has 25 nitrogen and oxygen atoms in total. The van der Waals surface area contributed by atoms with Crippen LogP contribution in [-0.2, 0) is 58.9 Å². The number of likely N-dealkylation sites (tertiary alicyclic amines) is 1. The molecule has 0 unspecified atom stereocenters. The Balaban J connectivity index is 0.788. The summed E-state index contributed by atoms with van der Waals surface area (Å²) in [6.07, 6.45) is 7.77. The molecular weight excluding hydrogens is 1020 g/mol.